The van der Waals surface area contributed by atoms with E-state index in [4.69, 9.17) is 22.1 Å². The fourth-order valence-electron chi connectivity index (χ4n) is 4.20. The number of rotatable bonds is 9. The van der Waals surface area contributed by atoms with E-state index in [9.17, 15) is 0 Å². The van der Waals surface area contributed by atoms with Crippen molar-refractivity contribution in [2.45, 2.75) is 52.7 Å². The minimum absolute atomic E-state index is 0.0308. The molecule has 1 aromatic heterocycles. The number of anilines is 5. The molecular formula is C23H36ClN7O. The Morgan fingerprint density at radius 2 is 1.91 bits per heavy atom. The van der Waals surface area contributed by atoms with Crippen LogP contribution >= 0.6 is 11.6 Å². The van der Waals surface area contributed by atoms with E-state index in [-0.39, 0.29) is 11.9 Å². The van der Waals surface area contributed by atoms with Crippen LogP contribution in [-0.4, -0.2) is 60.2 Å². The molecule has 0 spiro atoms. The van der Waals surface area contributed by atoms with E-state index in [1.165, 1.54) is 12.8 Å². The van der Waals surface area contributed by atoms with Gasteiger partial charge in [0.15, 0.2) is 5.82 Å². The molecule has 0 bridgehead atoms. The summed E-state index contributed by atoms with van der Waals surface area (Å²) in [6.07, 6.45) is 2.38. The highest BCUT2D eigenvalue weighted by Crippen LogP contribution is 2.35. The quantitative estimate of drug-likeness (QED) is 0.499. The van der Waals surface area contributed by atoms with E-state index < -0.39 is 0 Å². The Bertz CT molecular complexity index is 896. The van der Waals surface area contributed by atoms with Crippen LogP contribution in [0.3, 0.4) is 0 Å². The zero-order valence-electron chi connectivity index (χ0n) is 19.8. The lowest BCUT2D eigenvalue weighted by Gasteiger charge is -2.39. The summed E-state index contributed by atoms with van der Waals surface area (Å²) < 4.78 is 6.13. The number of nitrogens with zero attached hydrogens (tertiary/aromatic N) is 4. The number of aromatic nitrogens is 2. The van der Waals surface area contributed by atoms with Crippen molar-refractivity contribution in [3.8, 4) is 5.75 Å². The molecule has 0 radical (unpaired) electrons. The van der Waals surface area contributed by atoms with Gasteiger partial charge in [-0.25, -0.2) is 0 Å². The van der Waals surface area contributed by atoms with Gasteiger partial charge in [-0.1, -0.05) is 25.4 Å². The lowest BCUT2D eigenvalue weighted by molar-refractivity contribution is 0.186. The largest absolute Gasteiger partial charge is 0.489 e. The average molecular weight is 462 g/mol. The predicted octanol–water partition coefficient (Wildman–Crippen LogP) is 4.60. The number of hydrogen-bond acceptors (Lipinski definition) is 8. The number of nitrogen functional groups attached to an aromatic ring is 1. The highest BCUT2D eigenvalue weighted by atomic mass is 35.5. The third-order valence-electron chi connectivity index (χ3n) is 5.85. The maximum absolute atomic E-state index is 6.15. The second kappa shape index (κ2) is 10.9. The number of nitrogens with two attached hydrogens (primary N) is 1. The molecule has 0 saturated carbocycles. The van der Waals surface area contributed by atoms with E-state index in [1.807, 2.05) is 19.9 Å². The summed E-state index contributed by atoms with van der Waals surface area (Å²) in [5.74, 6) is 1.80. The minimum Gasteiger partial charge on any atom is -0.489 e. The van der Waals surface area contributed by atoms with Gasteiger partial charge in [-0.3, -0.25) is 0 Å². The maximum Gasteiger partial charge on any atom is 0.231 e. The SMILES string of the molecule is CCN(CC)C1CCN(c2ccc(Nc3nc(N)c(Cl)c(NC)n3)c(OC(C)C)c2)CC1. The van der Waals surface area contributed by atoms with Crippen molar-refractivity contribution in [1.82, 2.24) is 14.9 Å². The summed E-state index contributed by atoms with van der Waals surface area (Å²) in [5.41, 5.74) is 7.88. The molecule has 0 amide bonds. The van der Waals surface area contributed by atoms with Crippen molar-refractivity contribution in [3.05, 3.63) is 23.2 Å². The molecule has 1 aliphatic rings. The number of nitrogens with one attached hydrogen (secondary N) is 2. The van der Waals surface area contributed by atoms with Crippen LogP contribution in [0.25, 0.3) is 0 Å². The van der Waals surface area contributed by atoms with Gasteiger partial charge < -0.3 is 30.9 Å². The summed E-state index contributed by atoms with van der Waals surface area (Å²) in [6, 6.07) is 6.89. The van der Waals surface area contributed by atoms with E-state index in [1.54, 1.807) is 7.05 Å². The Labute approximate surface area is 196 Å². The molecule has 8 nitrogen and oxygen atoms in total. The normalized spacial score (nSPS) is 14.8. The molecule has 4 N–H and O–H groups in total. The van der Waals surface area contributed by atoms with Crippen molar-refractivity contribution >= 4 is 40.6 Å². The molecule has 1 aliphatic heterocycles. The molecular weight excluding hydrogens is 426 g/mol. The standard InChI is InChI=1S/C23H36ClN7O/c1-6-30(7-2)16-10-12-31(13-11-16)17-8-9-18(19(14-17)32-15(3)4)27-23-28-21(25)20(24)22(26-5)29-23/h8-9,14-16H,6-7,10-13H2,1-5H3,(H4,25,26,27,28,29). The monoisotopic (exact) mass is 461 g/mol. The molecule has 9 heteroatoms. The Morgan fingerprint density at radius 1 is 1.22 bits per heavy atom. The van der Waals surface area contributed by atoms with Crippen LogP contribution in [0.2, 0.25) is 5.02 Å². The van der Waals surface area contributed by atoms with E-state index in [0.717, 1.165) is 43.3 Å². The van der Waals surface area contributed by atoms with Crippen molar-refractivity contribution in [2.24, 2.45) is 0 Å². The first kappa shape index (κ1) is 24.2. The van der Waals surface area contributed by atoms with Crippen LogP contribution in [0.15, 0.2) is 18.2 Å². The highest BCUT2D eigenvalue weighted by molar-refractivity contribution is 6.35. The zero-order chi connectivity index (χ0) is 23.3. The number of benzene rings is 1. The molecule has 2 aromatic rings. The minimum atomic E-state index is 0.0308. The van der Waals surface area contributed by atoms with Gasteiger partial charge in [0.1, 0.15) is 16.6 Å². The van der Waals surface area contributed by atoms with Crippen molar-refractivity contribution in [3.63, 3.8) is 0 Å². The van der Waals surface area contributed by atoms with Crippen molar-refractivity contribution in [2.75, 3.05) is 54.5 Å². The molecule has 0 atom stereocenters. The number of ether oxygens (including phenoxy) is 1. The van der Waals surface area contributed by atoms with E-state index >= 15 is 0 Å². The summed E-state index contributed by atoms with van der Waals surface area (Å²) in [4.78, 5) is 13.7. The molecule has 1 saturated heterocycles. The Morgan fingerprint density at radius 3 is 2.50 bits per heavy atom. The number of piperidine rings is 1. The molecule has 176 valence electrons. The zero-order valence-corrected chi connectivity index (χ0v) is 20.5. The third-order valence-corrected chi connectivity index (χ3v) is 6.22. The molecule has 3 rings (SSSR count). The second-order valence-electron chi connectivity index (χ2n) is 8.26. The fraction of sp³-hybridized carbons (Fsp3) is 0.565. The summed E-state index contributed by atoms with van der Waals surface area (Å²) in [5, 5.41) is 6.48. The molecule has 2 heterocycles. The number of halogens is 1. The molecule has 1 fully saturated rings. The highest BCUT2D eigenvalue weighted by Gasteiger charge is 2.24. The topological polar surface area (TPSA) is 91.6 Å². The van der Waals surface area contributed by atoms with Crippen LogP contribution in [0, 0.1) is 0 Å². The first-order valence-electron chi connectivity index (χ1n) is 11.4. The van der Waals surface area contributed by atoms with Crippen molar-refractivity contribution in [1.29, 1.82) is 0 Å². The van der Waals surface area contributed by atoms with Crippen LogP contribution in [0.4, 0.5) is 29.0 Å². The van der Waals surface area contributed by atoms with Crippen molar-refractivity contribution < 1.29 is 4.74 Å². The van der Waals surface area contributed by atoms with Gasteiger partial charge in [0.25, 0.3) is 0 Å². The van der Waals surface area contributed by atoms with Gasteiger partial charge >= 0.3 is 0 Å². The van der Waals surface area contributed by atoms with Crippen LogP contribution in [0.1, 0.15) is 40.5 Å². The first-order valence-corrected chi connectivity index (χ1v) is 11.8. The Balaban J connectivity index is 1.80. The lowest BCUT2D eigenvalue weighted by Crippen LogP contribution is -2.44. The fourth-order valence-corrected chi connectivity index (χ4v) is 4.38. The van der Waals surface area contributed by atoms with Gasteiger partial charge in [0.05, 0.1) is 11.8 Å². The maximum atomic E-state index is 6.15. The van der Waals surface area contributed by atoms with Gasteiger partial charge in [-0.2, -0.15) is 9.97 Å². The molecule has 32 heavy (non-hydrogen) atoms. The lowest BCUT2D eigenvalue weighted by atomic mass is 10.0. The first-order chi connectivity index (χ1) is 15.4. The Hall–Kier alpha value is -2.45. The molecule has 0 unspecified atom stereocenters. The summed E-state index contributed by atoms with van der Waals surface area (Å²) >= 11 is 6.15. The predicted molar refractivity (Wildman–Crippen MR) is 135 cm³/mol. The smallest absolute Gasteiger partial charge is 0.231 e. The average Bonchev–Trinajstić information content (AvgIpc) is 2.78. The number of hydrogen-bond donors (Lipinski definition) is 3. The van der Waals surface area contributed by atoms with Gasteiger partial charge in [-0.05, 0) is 51.9 Å². The Kier molecular flexibility index (Phi) is 8.26. The summed E-state index contributed by atoms with van der Waals surface area (Å²) in [7, 11) is 1.74. The van der Waals surface area contributed by atoms with Gasteiger partial charge in [-0.15, -0.1) is 0 Å². The van der Waals surface area contributed by atoms with Crippen LogP contribution < -0.4 is 26.0 Å². The van der Waals surface area contributed by atoms with Gasteiger partial charge in [0, 0.05) is 37.9 Å². The van der Waals surface area contributed by atoms with E-state index in [0.29, 0.717) is 22.8 Å². The third kappa shape index (κ3) is 5.66. The van der Waals surface area contributed by atoms with Crippen LogP contribution in [-0.2, 0) is 0 Å². The van der Waals surface area contributed by atoms with Gasteiger partial charge in [0.2, 0.25) is 5.95 Å². The van der Waals surface area contributed by atoms with E-state index in [2.05, 4.69) is 56.4 Å². The second-order valence-corrected chi connectivity index (χ2v) is 8.63. The molecule has 1 aromatic carbocycles. The summed E-state index contributed by atoms with van der Waals surface area (Å²) in [6.45, 7) is 12.8. The molecule has 0 aliphatic carbocycles. The van der Waals surface area contributed by atoms with Crippen LogP contribution in [0.5, 0.6) is 5.75 Å².